The Balaban J connectivity index is 3.26. The number of methoxy groups -OCH3 is 2. The van der Waals surface area contributed by atoms with E-state index < -0.39 is 12.3 Å². The van der Waals surface area contributed by atoms with Crippen LogP contribution in [0.5, 0.6) is 5.75 Å². The molecule has 5 nitrogen and oxygen atoms in total. The highest BCUT2D eigenvalue weighted by atomic mass is 16.7. The molecular formula is C14H20O5. The fourth-order valence-corrected chi connectivity index (χ4v) is 1.77. The van der Waals surface area contributed by atoms with Gasteiger partial charge in [-0.3, -0.25) is 0 Å². The van der Waals surface area contributed by atoms with Crippen LogP contribution in [-0.4, -0.2) is 33.4 Å². The van der Waals surface area contributed by atoms with E-state index in [9.17, 15) is 4.79 Å². The molecule has 0 N–H and O–H groups in total. The van der Waals surface area contributed by atoms with Crippen molar-refractivity contribution in [3.8, 4) is 5.75 Å². The summed E-state index contributed by atoms with van der Waals surface area (Å²) in [5.41, 5.74) is 0.939. The largest absolute Gasteiger partial charge is 0.496 e. The number of carbonyl (C=O) groups is 1. The van der Waals surface area contributed by atoms with Gasteiger partial charge in [0.2, 0.25) is 0 Å². The summed E-state index contributed by atoms with van der Waals surface area (Å²) in [5.74, 6) is -0.0365. The standard InChI is InChI=1S/C14H20O5/c1-5-18-14(19-6-2)10-8-7-9-11(16-3)12(10)13(15)17-4/h7-9,14H,5-6H2,1-4H3. The van der Waals surface area contributed by atoms with Gasteiger partial charge in [-0.15, -0.1) is 0 Å². The van der Waals surface area contributed by atoms with E-state index in [0.29, 0.717) is 30.1 Å². The third-order valence-corrected chi connectivity index (χ3v) is 2.56. The highest BCUT2D eigenvalue weighted by Gasteiger charge is 2.24. The van der Waals surface area contributed by atoms with Crippen LogP contribution in [0.4, 0.5) is 0 Å². The minimum Gasteiger partial charge on any atom is -0.496 e. The van der Waals surface area contributed by atoms with Crippen molar-refractivity contribution in [3.05, 3.63) is 29.3 Å². The van der Waals surface area contributed by atoms with Gasteiger partial charge < -0.3 is 18.9 Å². The lowest BCUT2D eigenvalue weighted by Crippen LogP contribution is -2.15. The normalized spacial score (nSPS) is 10.6. The van der Waals surface area contributed by atoms with Crippen molar-refractivity contribution in [1.82, 2.24) is 0 Å². The summed E-state index contributed by atoms with van der Waals surface area (Å²) in [5, 5.41) is 0. The fraction of sp³-hybridized carbons (Fsp3) is 0.500. The molecule has 1 aromatic rings. The molecule has 0 saturated heterocycles. The zero-order chi connectivity index (χ0) is 14.3. The maximum absolute atomic E-state index is 11.9. The van der Waals surface area contributed by atoms with Gasteiger partial charge in [-0.2, -0.15) is 0 Å². The number of hydrogen-bond donors (Lipinski definition) is 0. The van der Waals surface area contributed by atoms with Gasteiger partial charge in [0.05, 0.1) is 14.2 Å². The Morgan fingerprint density at radius 2 is 1.79 bits per heavy atom. The molecule has 0 spiro atoms. The van der Waals surface area contributed by atoms with Gasteiger partial charge in [-0.1, -0.05) is 12.1 Å². The first kappa shape index (κ1) is 15.5. The summed E-state index contributed by atoms with van der Waals surface area (Å²) in [6.45, 7) is 4.68. The molecule has 0 unspecified atom stereocenters. The first-order valence-electron chi connectivity index (χ1n) is 6.17. The molecule has 106 valence electrons. The summed E-state index contributed by atoms with van der Waals surface area (Å²) < 4.78 is 21.0. The summed E-state index contributed by atoms with van der Waals surface area (Å²) in [4.78, 5) is 11.9. The van der Waals surface area contributed by atoms with E-state index in [4.69, 9.17) is 18.9 Å². The molecule has 0 aliphatic carbocycles. The van der Waals surface area contributed by atoms with Crippen LogP contribution in [0.15, 0.2) is 18.2 Å². The van der Waals surface area contributed by atoms with Crippen LogP contribution in [0, 0.1) is 0 Å². The topological polar surface area (TPSA) is 54.0 Å². The predicted octanol–water partition coefficient (Wildman–Crippen LogP) is 2.55. The first-order valence-corrected chi connectivity index (χ1v) is 6.17. The molecule has 0 aliphatic rings. The van der Waals surface area contributed by atoms with E-state index in [2.05, 4.69) is 0 Å². The Labute approximate surface area is 113 Å². The Kier molecular flexibility index (Phi) is 6.32. The quantitative estimate of drug-likeness (QED) is 0.562. The van der Waals surface area contributed by atoms with E-state index in [0.717, 1.165) is 0 Å². The van der Waals surface area contributed by atoms with Gasteiger partial charge in [-0.05, 0) is 19.9 Å². The van der Waals surface area contributed by atoms with Crippen LogP contribution >= 0.6 is 0 Å². The van der Waals surface area contributed by atoms with E-state index in [1.165, 1.54) is 14.2 Å². The van der Waals surface area contributed by atoms with Crippen molar-refractivity contribution in [2.45, 2.75) is 20.1 Å². The first-order chi connectivity index (χ1) is 9.19. The maximum Gasteiger partial charge on any atom is 0.342 e. The third kappa shape index (κ3) is 3.68. The number of hydrogen-bond acceptors (Lipinski definition) is 5. The second-order valence-electron chi connectivity index (χ2n) is 3.66. The smallest absolute Gasteiger partial charge is 0.342 e. The van der Waals surface area contributed by atoms with Crippen LogP contribution in [0.3, 0.4) is 0 Å². The maximum atomic E-state index is 11.9. The molecule has 0 aliphatic heterocycles. The number of esters is 1. The summed E-state index contributed by atoms with van der Waals surface area (Å²) in [6.07, 6.45) is -0.612. The molecule has 0 radical (unpaired) electrons. The number of rotatable bonds is 7. The van der Waals surface area contributed by atoms with Gasteiger partial charge in [0.1, 0.15) is 11.3 Å². The molecule has 0 heterocycles. The predicted molar refractivity (Wildman–Crippen MR) is 70.3 cm³/mol. The number of carbonyl (C=O) groups excluding carboxylic acids is 1. The van der Waals surface area contributed by atoms with E-state index in [1.807, 2.05) is 13.8 Å². The minimum absolute atomic E-state index is 0.333. The zero-order valence-electron chi connectivity index (χ0n) is 11.8. The third-order valence-electron chi connectivity index (χ3n) is 2.56. The van der Waals surface area contributed by atoms with Gasteiger partial charge in [0, 0.05) is 18.8 Å². The van der Waals surface area contributed by atoms with Crippen LogP contribution in [0.1, 0.15) is 36.1 Å². The highest BCUT2D eigenvalue weighted by molar-refractivity contribution is 5.94. The molecule has 0 atom stereocenters. The highest BCUT2D eigenvalue weighted by Crippen LogP contribution is 2.30. The Hall–Kier alpha value is -1.59. The summed E-state index contributed by atoms with van der Waals surface area (Å²) >= 11 is 0. The van der Waals surface area contributed by atoms with Crippen molar-refractivity contribution in [1.29, 1.82) is 0 Å². The van der Waals surface area contributed by atoms with Crippen LogP contribution in [0.2, 0.25) is 0 Å². The number of benzene rings is 1. The van der Waals surface area contributed by atoms with Crippen molar-refractivity contribution in [2.75, 3.05) is 27.4 Å². The van der Waals surface area contributed by atoms with E-state index >= 15 is 0 Å². The fourth-order valence-electron chi connectivity index (χ4n) is 1.77. The van der Waals surface area contributed by atoms with Gasteiger partial charge in [-0.25, -0.2) is 4.79 Å². The van der Waals surface area contributed by atoms with Gasteiger partial charge >= 0.3 is 5.97 Å². The lowest BCUT2D eigenvalue weighted by atomic mass is 10.1. The van der Waals surface area contributed by atoms with Crippen molar-refractivity contribution < 1.29 is 23.7 Å². The van der Waals surface area contributed by atoms with Crippen molar-refractivity contribution in [3.63, 3.8) is 0 Å². The number of ether oxygens (including phenoxy) is 4. The van der Waals surface area contributed by atoms with Crippen molar-refractivity contribution >= 4 is 5.97 Å². The van der Waals surface area contributed by atoms with Crippen LogP contribution < -0.4 is 4.74 Å². The van der Waals surface area contributed by atoms with Gasteiger partial charge in [0.25, 0.3) is 0 Å². The average molecular weight is 268 g/mol. The molecule has 1 aromatic carbocycles. The van der Waals surface area contributed by atoms with Crippen LogP contribution in [-0.2, 0) is 14.2 Å². The molecule has 0 bridgehead atoms. The van der Waals surface area contributed by atoms with E-state index in [1.54, 1.807) is 18.2 Å². The molecule has 5 heteroatoms. The SMILES string of the molecule is CCOC(OCC)c1cccc(OC)c1C(=O)OC. The van der Waals surface area contributed by atoms with E-state index in [-0.39, 0.29) is 0 Å². The zero-order valence-corrected chi connectivity index (χ0v) is 11.8. The Morgan fingerprint density at radius 1 is 1.16 bits per heavy atom. The molecule has 19 heavy (non-hydrogen) atoms. The second-order valence-corrected chi connectivity index (χ2v) is 3.66. The molecule has 0 fully saturated rings. The van der Waals surface area contributed by atoms with Crippen molar-refractivity contribution in [2.24, 2.45) is 0 Å². The van der Waals surface area contributed by atoms with Crippen LogP contribution in [0.25, 0.3) is 0 Å². The minimum atomic E-state index is -0.612. The Bertz CT molecular complexity index is 410. The van der Waals surface area contributed by atoms with Gasteiger partial charge in [0.15, 0.2) is 6.29 Å². The summed E-state index contributed by atoms with van der Waals surface area (Å²) in [6, 6.07) is 5.25. The molecule has 0 aromatic heterocycles. The Morgan fingerprint density at radius 3 is 2.26 bits per heavy atom. The summed E-state index contributed by atoms with van der Waals surface area (Å²) in [7, 11) is 2.83. The lowest BCUT2D eigenvalue weighted by Gasteiger charge is -2.20. The monoisotopic (exact) mass is 268 g/mol. The molecule has 1 rings (SSSR count). The molecule has 0 amide bonds. The lowest BCUT2D eigenvalue weighted by molar-refractivity contribution is -0.140. The molecule has 0 saturated carbocycles. The molecular weight excluding hydrogens is 248 g/mol. The average Bonchev–Trinajstić information content (AvgIpc) is 2.45. The second kappa shape index (κ2) is 7.76.